The van der Waals surface area contributed by atoms with Gasteiger partial charge in [0.25, 0.3) is 0 Å². The molecule has 6 nitrogen and oxygen atoms in total. The number of hydrogen-bond donors (Lipinski definition) is 0. The summed E-state index contributed by atoms with van der Waals surface area (Å²) in [5.41, 5.74) is -0.866. The van der Waals surface area contributed by atoms with E-state index in [4.69, 9.17) is 0 Å². The summed E-state index contributed by atoms with van der Waals surface area (Å²) in [5.74, 6) is -4.68. The third-order valence-corrected chi connectivity index (χ3v) is 3.72. The first-order valence-corrected chi connectivity index (χ1v) is 8.24. The van der Waals surface area contributed by atoms with Crippen LogP contribution in [0.4, 0.5) is 0 Å². The molecular formula is C17H25Na3O6. The molecule has 0 saturated carbocycles. The van der Waals surface area contributed by atoms with E-state index >= 15 is 0 Å². The van der Waals surface area contributed by atoms with E-state index in [2.05, 4.69) is 6.92 Å². The van der Waals surface area contributed by atoms with Crippen molar-refractivity contribution in [2.75, 3.05) is 0 Å². The predicted molar refractivity (Wildman–Crippen MR) is 78.5 cm³/mol. The summed E-state index contributed by atoms with van der Waals surface area (Å²) in [6.45, 7) is 2.14. The monoisotopic (exact) mass is 394 g/mol. The van der Waals surface area contributed by atoms with Gasteiger partial charge in [-0.1, -0.05) is 51.9 Å². The van der Waals surface area contributed by atoms with Crippen LogP contribution in [-0.4, -0.2) is 17.9 Å². The van der Waals surface area contributed by atoms with Gasteiger partial charge in [-0.15, -0.1) is 0 Å². The van der Waals surface area contributed by atoms with Crippen molar-refractivity contribution >= 4 is 17.9 Å². The first-order valence-electron chi connectivity index (χ1n) is 8.24. The normalized spacial score (nSPS) is 10.5. The molecule has 0 spiro atoms. The summed E-state index contributed by atoms with van der Waals surface area (Å²) in [6.07, 6.45) is 7.15. The molecule has 0 saturated heterocycles. The summed E-state index contributed by atoms with van der Waals surface area (Å²) in [5, 5.41) is 32.5. The number of hydrogen-bond acceptors (Lipinski definition) is 6. The number of carboxylic acids is 3. The number of carbonyl (C=O) groups is 3. The van der Waals surface area contributed by atoms with Gasteiger partial charge in [0, 0.05) is 5.97 Å². The second kappa shape index (κ2) is 22.4. The van der Waals surface area contributed by atoms with Gasteiger partial charge >= 0.3 is 88.7 Å². The number of rotatable bonds is 14. The summed E-state index contributed by atoms with van der Waals surface area (Å²) in [4.78, 5) is 32.5. The van der Waals surface area contributed by atoms with Crippen LogP contribution in [0.1, 0.15) is 77.6 Å². The van der Waals surface area contributed by atoms with Gasteiger partial charge in [0.15, 0.2) is 0 Å². The average Bonchev–Trinajstić information content (AvgIpc) is 2.47. The molecule has 0 rings (SSSR count). The van der Waals surface area contributed by atoms with Gasteiger partial charge in [0.1, 0.15) is 0 Å². The number of carboxylic acid groups (broad SMARTS) is 3. The minimum absolute atomic E-state index is 0. The molecule has 0 N–H and O–H groups in total. The molecule has 0 bridgehead atoms. The molecule has 26 heavy (non-hydrogen) atoms. The van der Waals surface area contributed by atoms with Crippen molar-refractivity contribution in [3.8, 4) is 0 Å². The van der Waals surface area contributed by atoms with Gasteiger partial charge in [-0.2, -0.15) is 0 Å². The largest absolute Gasteiger partial charge is 1.00 e. The zero-order valence-electron chi connectivity index (χ0n) is 16.7. The van der Waals surface area contributed by atoms with E-state index < -0.39 is 36.3 Å². The van der Waals surface area contributed by atoms with Crippen LogP contribution in [-0.2, 0) is 14.4 Å². The van der Waals surface area contributed by atoms with Crippen molar-refractivity contribution < 1.29 is 118 Å². The summed E-state index contributed by atoms with van der Waals surface area (Å²) in [6, 6.07) is 0. The molecule has 0 aliphatic heterocycles. The van der Waals surface area contributed by atoms with Crippen LogP contribution in [0, 0.1) is 0 Å². The minimum atomic E-state index is -1.66. The zero-order chi connectivity index (χ0) is 17.7. The van der Waals surface area contributed by atoms with E-state index in [1.54, 1.807) is 0 Å². The standard InChI is InChI=1S/C17H28O6.3Na/c1-2-3-4-5-6-7-8-9-10-13(16(20)21)14(17(22)23)11-12-15(18)19;;;/h2-12H2,1H3,(H,18,19)(H,20,21)(H,22,23);;;/q;3*+1/p-3. The maximum Gasteiger partial charge on any atom is 1.00 e. The van der Waals surface area contributed by atoms with Crippen molar-refractivity contribution in [2.24, 2.45) is 0 Å². The Bertz CT molecular complexity index is 438. The molecule has 0 unspecified atom stereocenters. The Hall–Kier alpha value is 1.15. The predicted octanol–water partition coefficient (Wildman–Crippen LogP) is -9.14. The fourth-order valence-electron chi connectivity index (χ4n) is 2.42. The smallest absolute Gasteiger partial charge is 0.550 e. The first kappa shape index (κ1) is 34.6. The number of carbonyl (C=O) groups excluding carboxylic acids is 3. The third kappa shape index (κ3) is 18.5. The summed E-state index contributed by atoms with van der Waals surface area (Å²) < 4.78 is 0. The quantitative estimate of drug-likeness (QED) is 0.164. The Morgan fingerprint density at radius 1 is 0.577 bits per heavy atom. The van der Waals surface area contributed by atoms with E-state index in [0.29, 0.717) is 6.42 Å². The van der Waals surface area contributed by atoms with Crippen LogP contribution in [0.2, 0.25) is 0 Å². The molecule has 0 atom stereocenters. The van der Waals surface area contributed by atoms with Gasteiger partial charge < -0.3 is 29.7 Å². The zero-order valence-corrected chi connectivity index (χ0v) is 22.7. The van der Waals surface area contributed by atoms with Gasteiger partial charge in [0.05, 0.1) is 11.9 Å². The molecule has 0 radical (unpaired) electrons. The van der Waals surface area contributed by atoms with Crippen molar-refractivity contribution in [2.45, 2.75) is 77.6 Å². The second-order valence-corrected chi connectivity index (χ2v) is 5.63. The summed E-state index contributed by atoms with van der Waals surface area (Å²) >= 11 is 0. The van der Waals surface area contributed by atoms with E-state index in [1.165, 1.54) is 19.3 Å². The molecule has 0 aliphatic rings. The van der Waals surface area contributed by atoms with Crippen LogP contribution in [0.15, 0.2) is 11.1 Å². The number of aliphatic carboxylic acids is 3. The first-order chi connectivity index (χ1) is 10.9. The summed E-state index contributed by atoms with van der Waals surface area (Å²) in [7, 11) is 0. The van der Waals surface area contributed by atoms with Crippen LogP contribution >= 0.6 is 0 Å². The van der Waals surface area contributed by atoms with Crippen LogP contribution < -0.4 is 104 Å². The van der Waals surface area contributed by atoms with Crippen molar-refractivity contribution in [1.29, 1.82) is 0 Å². The van der Waals surface area contributed by atoms with Crippen LogP contribution in [0.5, 0.6) is 0 Å². The Morgan fingerprint density at radius 2 is 0.962 bits per heavy atom. The second-order valence-electron chi connectivity index (χ2n) is 5.63. The van der Waals surface area contributed by atoms with Crippen LogP contribution in [0.25, 0.3) is 0 Å². The Labute approximate surface area is 222 Å². The fraction of sp³-hybridized carbons (Fsp3) is 0.706. The third-order valence-electron chi connectivity index (χ3n) is 3.72. The molecule has 0 aromatic rings. The maximum absolute atomic E-state index is 11.1. The van der Waals surface area contributed by atoms with Crippen molar-refractivity contribution in [3.05, 3.63) is 11.1 Å². The molecule has 0 heterocycles. The van der Waals surface area contributed by atoms with Gasteiger partial charge in [-0.25, -0.2) is 0 Å². The van der Waals surface area contributed by atoms with E-state index in [1.807, 2.05) is 0 Å². The Kier molecular flexibility index (Phi) is 29.9. The van der Waals surface area contributed by atoms with E-state index in [0.717, 1.165) is 25.7 Å². The fourth-order valence-corrected chi connectivity index (χ4v) is 2.42. The molecule has 132 valence electrons. The van der Waals surface area contributed by atoms with Gasteiger partial charge in [-0.3, -0.25) is 0 Å². The van der Waals surface area contributed by atoms with E-state index in [-0.39, 0.29) is 101 Å². The topological polar surface area (TPSA) is 120 Å². The van der Waals surface area contributed by atoms with E-state index in [9.17, 15) is 29.7 Å². The molecule has 0 aromatic heterocycles. The average molecular weight is 394 g/mol. The minimum Gasteiger partial charge on any atom is -0.550 e. The van der Waals surface area contributed by atoms with Gasteiger partial charge in [0.2, 0.25) is 0 Å². The van der Waals surface area contributed by atoms with Crippen LogP contribution in [0.3, 0.4) is 0 Å². The SMILES string of the molecule is CCCCCCCCCCC(C(=O)[O-])=C(CCC(=O)[O-])C(=O)[O-].[Na+].[Na+].[Na+]. The molecular weight excluding hydrogens is 369 g/mol. The molecule has 0 aliphatic carbocycles. The number of unbranched alkanes of at least 4 members (excludes halogenated alkanes) is 7. The van der Waals surface area contributed by atoms with Gasteiger partial charge in [-0.05, 0) is 36.8 Å². The van der Waals surface area contributed by atoms with Crippen molar-refractivity contribution in [1.82, 2.24) is 0 Å². The van der Waals surface area contributed by atoms with Crippen molar-refractivity contribution in [3.63, 3.8) is 0 Å². The Balaban J connectivity index is -0.000000807. The molecule has 9 heteroatoms. The maximum atomic E-state index is 11.1. The molecule has 0 aromatic carbocycles. The Morgan fingerprint density at radius 3 is 1.35 bits per heavy atom. The molecule has 0 amide bonds. The molecule has 0 fully saturated rings.